The molecule has 1 N–H and O–H groups in total. The maximum Gasteiger partial charge on any atom is 0.260 e. The van der Waals surface area contributed by atoms with Crippen LogP contribution in [0.1, 0.15) is 16.7 Å². The normalized spacial score (nSPS) is 10.5. The van der Waals surface area contributed by atoms with Crippen molar-refractivity contribution in [1.82, 2.24) is 4.90 Å². The highest BCUT2D eigenvalue weighted by Crippen LogP contribution is 2.25. The highest BCUT2D eigenvalue weighted by atomic mass is 35.5. The maximum absolute atomic E-state index is 12.4. The van der Waals surface area contributed by atoms with Crippen LogP contribution < -0.4 is 4.74 Å². The van der Waals surface area contributed by atoms with Crippen LogP contribution in [0.2, 0.25) is 5.02 Å². The van der Waals surface area contributed by atoms with E-state index in [9.17, 15) is 9.90 Å². The average Bonchev–Trinajstić information content (AvgIpc) is 2.58. The summed E-state index contributed by atoms with van der Waals surface area (Å²) in [4.78, 5) is 14.0. The van der Waals surface area contributed by atoms with Crippen molar-refractivity contribution < 1.29 is 14.6 Å². The second-order valence-electron chi connectivity index (χ2n) is 5.68. The Morgan fingerprint density at radius 2 is 1.79 bits per heavy atom. The SMILES string of the molecule is Cc1cc(OCC(=O)N(CCO)Cc2ccccc2)cc(C)c1Cl. The molecule has 0 heterocycles. The first-order valence-electron chi connectivity index (χ1n) is 7.83. The largest absolute Gasteiger partial charge is 0.484 e. The number of aliphatic hydroxyl groups excluding tert-OH is 1. The molecule has 4 nitrogen and oxygen atoms in total. The lowest BCUT2D eigenvalue weighted by Crippen LogP contribution is -2.36. The molecule has 0 aliphatic heterocycles. The molecule has 2 aromatic rings. The molecule has 0 aliphatic carbocycles. The summed E-state index contributed by atoms with van der Waals surface area (Å²) in [6, 6.07) is 13.3. The van der Waals surface area contributed by atoms with E-state index in [2.05, 4.69) is 0 Å². The molecule has 0 radical (unpaired) electrons. The molecule has 0 bridgehead atoms. The first-order valence-corrected chi connectivity index (χ1v) is 8.21. The number of carbonyl (C=O) groups excluding carboxylic acids is 1. The van der Waals surface area contributed by atoms with Gasteiger partial charge in [-0.25, -0.2) is 0 Å². The van der Waals surface area contributed by atoms with Gasteiger partial charge in [0, 0.05) is 18.1 Å². The van der Waals surface area contributed by atoms with Crippen molar-refractivity contribution in [2.45, 2.75) is 20.4 Å². The third kappa shape index (κ3) is 4.98. The first kappa shape index (κ1) is 18.3. The molecular formula is C19H22ClNO3. The van der Waals surface area contributed by atoms with Crippen molar-refractivity contribution in [2.24, 2.45) is 0 Å². The van der Waals surface area contributed by atoms with Crippen LogP contribution in [0.25, 0.3) is 0 Å². The van der Waals surface area contributed by atoms with Crippen molar-refractivity contribution in [3.63, 3.8) is 0 Å². The molecule has 24 heavy (non-hydrogen) atoms. The first-order chi connectivity index (χ1) is 11.5. The summed E-state index contributed by atoms with van der Waals surface area (Å²) < 4.78 is 5.62. The Bertz CT molecular complexity index is 665. The van der Waals surface area contributed by atoms with E-state index in [1.807, 2.05) is 56.3 Å². The number of amides is 1. The summed E-state index contributed by atoms with van der Waals surface area (Å²) in [5.41, 5.74) is 2.84. The molecule has 0 aliphatic rings. The molecule has 128 valence electrons. The van der Waals surface area contributed by atoms with Crippen molar-refractivity contribution in [2.75, 3.05) is 19.8 Å². The zero-order valence-corrected chi connectivity index (χ0v) is 14.7. The number of aryl methyl sites for hydroxylation is 2. The van der Waals surface area contributed by atoms with Gasteiger partial charge in [-0.1, -0.05) is 41.9 Å². The van der Waals surface area contributed by atoms with Crippen LogP contribution in [-0.4, -0.2) is 35.7 Å². The van der Waals surface area contributed by atoms with E-state index < -0.39 is 0 Å². The number of hydrogen-bond donors (Lipinski definition) is 1. The molecule has 0 atom stereocenters. The Labute approximate surface area is 147 Å². The van der Waals surface area contributed by atoms with E-state index in [1.165, 1.54) is 0 Å². The second-order valence-corrected chi connectivity index (χ2v) is 6.06. The number of ether oxygens (including phenoxy) is 1. The van der Waals surface area contributed by atoms with Crippen LogP contribution in [0.5, 0.6) is 5.75 Å². The predicted molar refractivity (Wildman–Crippen MR) is 95.4 cm³/mol. The van der Waals surface area contributed by atoms with Gasteiger partial charge in [0.15, 0.2) is 6.61 Å². The second kappa shape index (κ2) is 8.71. The van der Waals surface area contributed by atoms with Gasteiger partial charge in [-0.3, -0.25) is 4.79 Å². The molecule has 0 aromatic heterocycles. The van der Waals surface area contributed by atoms with Gasteiger partial charge in [-0.15, -0.1) is 0 Å². The van der Waals surface area contributed by atoms with Gasteiger partial charge >= 0.3 is 0 Å². The molecule has 2 rings (SSSR count). The van der Waals surface area contributed by atoms with Crippen molar-refractivity contribution in [3.8, 4) is 5.75 Å². The highest BCUT2D eigenvalue weighted by Gasteiger charge is 2.15. The molecular weight excluding hydrogens is 326 g/mol. The van der Waals surface area contributed by atoms with Gasteiger partial charge in [-0.2, -0.15) is 0 Å². The monoisotopic (exact) mass is 347 g/mol. The highest BCUT2D eigenvalue weighted by molar-refractivity contribution is 6.32. The molecule has 0 fully saturated rings. The lowest BCUT2D eigenvalue weighted by atomic mass is 10.1. The van der Waals surface area contributed by atoms with E-state index in [1.54, 1.807) is 4.90 Å². The standard InChI is InChI=1S/C19H22ClNO3/c1-14-10-17(11-15(2)19(14)20)24-13-18(23)21(8-9-22)12-16-6-4-3-5-7-16/h3-7,10-11,22H,8-9,12-13H2,1-2H3. The van der Waals surface area contributed by atoms with E-state index in [0.717, 1.165) is 16.7 Å². The molecule has 0 spiro atoms. The van der Waals surface area contributed by atoms with E-state index >= 15 is 0 Å². The Morgan fingerprint density at radius 3 is 2.38 bits per heavy atom. The van der Waals surface area contributed by atoms with Gasteiger partial charge in [0.25, 0.3) is 5.91 Å². The fraction of sp³-hybridized carbons (Fsp3) is 0.316. The molecule has 5 heteroatoms. The van der Waals surface area contributed by atoms with Crippen LogP contribution in [0, 0.1) is 13.8 Å². The number of rotatable bonds is 7. The Morgan fingerprint density at radius 1 is 1.17 bits per heavy atom. The minimum absolute atomic E-state index is 0.0760. The van der Waals surface area contributed by atoms with Crippen LogP contribution in [0.4, 0.5) is 0 Å². The molecule has 0 unspecified atom stereocenters. The van der Waals surface area contributed by atoms with Crippen LogP contribution >= 0.6 is 11.6 Å². The topological polar surface area (TPSA) is 49.8 Å². The van der Waals surface area contributed by atoms with Crippen LogP contribution in [-0.2, 0) is 11.3 Å². The van der Waals surface area contributed by atoms with E-state index in [0.29, 0.717) is 17.3 Å². The molecule has 0 saturated heterocycles. The van der Waals surface area contributed by atoms with Crippen molar-refractivity contribution in [3.05, 3.63) is 64.2 Å². The minimum Gasteiger partial charge on any atom is -0.484 e. The van der Waals surface area contributed by atoms with Gasteiger partial charge in [0.2, 0.25) is 0 Å². The third-order valence-electron chi connectivity index (χ3n) is 3.71. The zero-order chi connectivity index (χ0) is 17.5. The lowest BCUT2D eigenvalue weighted by molar-refractivity contribution is -0.134. The van der Waals surface area contributed by atoms with Crippen molar-refractivity contribution >= 4 is 17.5 Å². The Hall–Kier alpha value is -2.04. The van der Waals surface area contributed by atoms with Crippen molar-refractivity contribution in [1.29, 1.82) is 0 Å². The Balaban J connectivity index is 2.00. The number of aliphatic hydroxyl groups is 1. The zero-order valence-electron chi connectivity index (χ0n) is 14.0. The van der Waals surface area contributed by atoms with Gasteiger partial charge in [0.1, 0.15) is 5.75 Å². The molecule has 1 amide bonds. The van der Waals surface area contributed by atoms with Gasteiger partial charge in [0.05, 0.1) is 6.61 Å². The average molecular weight is 348 g/mol. The minimum atomic E-state index is -0.168. The number of halogens is 1. The van der Waals surface area contributed by atoms with Crippen LogP contribution in [0.3, 0.4) is 0 Å². The summed E-state index contributed by atoms with van der Waals surface area (Å²) >= 11 is 6.14. The Kier molecular flexibility index (Phi) is 6.64. The smallest absolute Gasteiger partial charge is 0.260 e. The van der Waals surface area contributed by atoms with Gasteiger partial charge in [-0.05, 0) is 42.7 Å². The van der Waals surface area contributed by atoms with Crippen LogP contribution in [0.15, 0.2) is 42.5 Å². The van der Waals surface area contributed by atoms with Gasteiger partial charge < -0.3 is 14.7 Å². The molecule has 0 saturated carbocycles. The summed E-state index contributed by atoms with van der Waals surface area (Å²) in [5, 5.41) is 9.91. The fourth-order valence-corrected chi connectivity index (χ4v) is 2.55. The summed E-state index contributed by atoms with van der Waals surface area (Å²) in [6.07, 6.45) is 0. The maximum atomic E-state index is 12.4. The predicted octanol–water partition coefficient (Wildman–Crippen LogP) is 3.36. The number of benzene rings is 2. The summed E-state index contributed by atoms with van der Waals surface area (Å²) in [6.45, 7) is 4.36. The van der Waals surface area contributed by atoms with E-state index in [-0.39, 0.29) is 25.7 Å². The lowest BCUT2D eigenvalue weighted by Gasteiger charge is -2.22. The summed E-state index contributed by atoms with van der Waals surface area (Å²) in [5.74, 6) is 0.449. The third-order valence-corrected chi connectivity index (χ3v) is 4.31. The molecule has 2 aromatic carbocycles. The number of nitrogens with zero attached hydrogens (tertiary/aromatic N) is 1. The summed E-state index contributed by atoms with van der Waals surface area (Å²) in [7, 11) is 0. The quantitative estimate of drug-likeness (QED) is 0.835. The van der Waals surface area contributed by atoms with E-state index in [4.69, 9.17) is 16.3 Å². The number of carbonyl (C=O) groups is 1. The number of hydrogen-bond acceptors (Lipinski definition) is 3. The fourth-order valence-electron chi connectivity index (χ4n) is 2.44.